The minimum atomic E-state index is -1.88. The first-order valence-electron chi connectivity index (χ1n) is 10.8. The van der Waals surface area contributed by atoms with Gasteiger partial charge in [0.1, 0.15) is 13.3 Å². The molecule has 0 amide bonds. The average molecular weight is 449 g/mol. The molecule has 0 aliphatic carbocycles. The number of esters is 2. The molecule has 170 valence electrons. The largest absolute Gasteiger partial charge is 0.458 e. The van der Waals surface area contributed by atoms with Crippen LogP contribution in [0.3, 0.4) is 0 Å². The quantitative estimate of drug-likeness (QED) is 0.346. The number of aliphatic hydroxyl groups is 1. The van der Waals surface area contributed by atoms with Crippen molar-refractivity contribution in [2.24, 2.45) is 5.73 Å². The van der Waals surface area contributed by atoms with Gasteiger partial charge in [0.15, 0.2) is 5.60 Å². The number of hydrogen-bond acceptors (Lipinski definition) is 8. The van der Waals surface area contributed by atoms with Crippen molar-refractivity contribution in [2.45, 2.75) is 44.9 Å². The minimum absolute atomic E-state index is 0.0776. The molecule has 2 aromatic heterocycles. The van der Waals surface area contributed by atoms with Crippen molar-refractivity contribution in [3.63, 3.8) is 0 Å². The number of carbonyl (C=O) groups is 2. The van der Waals surface area contributed by atoms with Crippen molar-refractivity contribution in [3.05, 3.63) is 62.9 Å². The third-order valence-electron chi connectivity index (χ3n) is 6.54. The Balaban J connectivity index is 1.71. The van der Waals surface area contributed by atoms with E-state index in [1.54, 1.807) is 17.6 Å². The van der Waals surface area contributed by atoms with Gasteiger partial charge in [-0.05, 0) is 30.5 Å². The van der Waals surface area contributed by atoms with E-state index in [1.807, 2.05) is 24.3 Å². The SMILES string of the molecule is CC[C@@]1(O)C(=O)OCc2c1cc1n(c2=O)Cc2c-1nc1ccccc1c2CCC(=O)OCN. The van der Waals surface area contributed by atoms with Crippen LogP contribution in [0.5, 0.6) is 0 Å². The second-order valence-corrected chi connectivity index (χ2v) is 8.22. The van der Waals surface area contributed by atoms with E-state index in [0.29, 0.717) is 17.8 Å². The number of para-hydroxylation sites is 1. The molecule has 33 heavy (non-hydrogen) atoms. The summed E-state index contributed by atoms with van der Waals surface area (Å²) in [6.45, 7) is 1.58. The van der Waals surface area contributed by atoms with Crippen molar-refractivity contribution in [3.8, 4) is 11.4 Å². The van der Waals surface area contributed by atoms with E-state index < -0.39 is 17.5 Å². The highest BCUT2D eigenvalue weighted by atomic mass is 16.6. The molecular formula is C24H23N3O6. The molecular weight excluding hydrogens is 426 g/mol. The van der Waals surface area contributed by atoms with Crippen LogP contribution in [0.25, 0.3) is 22.3 Å². The molecule has 3 N–H and O–H groups in total. The second kappa shape index (κ2) is 7.79. The highest BCUT2D eigenvalue weighted by Gasteiger charge is 2.45. The molecule has 9 heteroatoms. The topological polar surface area (TPSA) is 134 Å². The number of hydrogen-bond donors (Lipinski definition) is 2. The van der Waals surface area contributed by atoms with E-state index in [4.69, 9.17) is 20.2 Å². The Morgan fingerprint density at radius 3 is 2.85 bits per heavy atom. The summed E-state index contributed by atoms with van der Waals surface area (Å²) in [6, 6.07) is 9.26. The number of nitrogens with two attached hydrogens (primary N) is 1. The number of aryl methyl sites for hydroxylation is 1. The van der Waals surface area contributed by atoms with Gasteiger partial charge in [0, 0.05) is 22.9 Å². The van der Waals surface area contributed by atoms with Gasteiger partial charge in [-0.1, -0.05) is 25.1 Å². The van der Waals surface area contributed by atoms with Gasteiger partial charge in [0.25, 0.3) is 5.56 Å². The van der Waals surface area contributed by atoms with Crippen LogP contribution < -0.4 is 11.3 Å². The zero-order valence-electron chi connectivity index (χ0n) is 18.1. The van der Waals surface area contributed by atoms with Crippen molar-refractivity contribution < 1.29 is 24.2 Å². The second-order valence-electron chi connectivity index (χ2n) is 8.22. The predicted octanol–water partition coefficient (Wildman–Crippen LogP) is 1.47. The predicted molar refractivity (Wildman–Crippen MR) is 118 cm³/mol. The van der Waals surface area contributed by atoms with E-state index in [1.165, 1.54) is 0 Å². The molecule has 1 atom stereocenters. The first-order valence-corrected chi connectivity index (χ1v) is 10.8. The van der Waals surface area contributed by atoms with Crippen LogP contribution >= 0.6 is 0 Å². The maximum atomic E-state index is 13.4. The van der Waals surface area contributed by atoms with Crippen molar-refractivity contribution in [1.29, 1.82) is 0 Å². The number of cyclic esters (lactones) is 1. The van der Waals surface area contributed by atoms with E-state index in [-0.39, 0.29) is 49.4 Å². The Hall–Kier alpha value is -3.56. The maximum Gasteiger partial charge on any atom is 0.343 e. The van der Waals surface area contributed by atoms with Crippen LogP contribution in [0.15, 0.2) is 35.1 Å². The number of rotatable bonds is 5. The van der Waals surface area contributed by atoms with Crippen LogP contribution in [-0.2, 0) is 44.2 Å². The number of carbonyl (C=O) groups excluding carboxylic acids is 2. The molecule has 5 rings (SSSR count). The first kappa shape index (κ1) is 21.3. The minimum Gasteiger partial charge on any atom is -0.458 e. The standard InChI is InChI=1S/C24H23N3O6/c1-2-24(31)17-9-19-21-15(10-27(19)22(29)16(17)11-32-23(24)30)13(7-8-20(28)33-12-25)14-5-3-4-6-18(14)26-21/h3-6,9,31H,2,7-8,10-12,25H2,1H3/t24-/m0/s1. The van der Waals surface area contributed by atoms with Gasteiger partial charge in [0.2, 0.25) is 0 Å². The highest BCUT2D eigenvalue weighted by molar-refractivity contribution is 5.89. The van der Waals surface area contributed by atoms with Crippen LogP contribution in [0.2, 0.25) is 0 Å². The molecule has 1 aromatic carbocycles. The van der Waals surface area contributed by atoms with Gasteiger partial charge in [-0.2, -0.15) is 0 Å². The molecule has 0 fully saturated rings. The normalized spacial score (nSPS) is 18.5. The molecule has 2 aliphatic heterocycles. The molecule has 0 radical (unpaired) electrons. The lowest BCUT2D eigenvalue weighted by Crippen LogP contribution is -2.44. The summed E-state index contributed by atoms with van der Waals surface area (Å²) in [5.74, 6) is -1.16. The fraction of sp³-hybridized carbons (Fsp3) is 0.333. The third kappa shape index (κ3) is 3.15. The lowest BCUT2D eigenvalue weighted by molar-refractivity contribution is -0.172. The fourth-order valence-electron chi connectivity index (χ4n) is 4.79. The molecule has 0 unspecified atom stereocenters. The summed E-state index contributed by atoms with van der Waals surface area (Å²) in [5.41, 5.74) is 7.26. The number of aromatic nitrogens is 2. The molecule has 0 saturated heterocycles. The van der Waals surface area contributed by atoms with Crippen molar-refractivity contribution in [2.75, 3.05) is 6.73 Å². The zero-order valence-corrected chi connectivity index (χ0v) is 18.1. The van der Waals surface area contributed by atoms with Gasteiger partial charge in [-0.3, -0.25) is 15.3 Å². The third-order valence-corrected chi connectivity index (χ3v) is 6.54. The molecule has 2 aliphatic rings. The summed E-state index contributed by atoms with van der Waals surface area (Å²) in [6.07, 6.45) is 0.610. The van der Waals surface area contributed by atoms with Gasteiger partial charge >= 0.3 is 11.9 Å². The summed E-state index contributed by atoms with van der Waals surface area (Å²) >= 11 is 0. The Morgan fingerprint density at radius 1 is 1.30 bits per heavy atom. The maximum absolute atomic E-state index is 13.4. The Bertz CT molecular complexity index is 1380. The van der Waals surface area contributed by atoms with Crippen LogP contribution in [0, 0.1) is 0 Å². The molecule has 3 aromatic rings. The zero-order chi connectivity index (χ0) is 23.3. The Kier molecular flexibility index (Phi) is 5.02. The van der Waals surface area contributed by atoms with E-state index >= 15 is 0 Å². The van der Waals surface area contributed by atoms with Crippen LogP contribution in [0.4, 0.5) is 0 Å². The lowest BCUT2D eigenvalue weighted by Gasteiger charge is -2.31. The molecule has 4 heterocycles. The van der Waals surface area contributed by atoms with Crippen molar-refractivity contribution >= 4 is 22.8 Å². The number of benzene rings is 1. The average Bonchev–Trinajstić information content (AvgIpc) is 3.18. The van der Waals surface area contributed by atoms with Gasteiger partial charge < -0.3 is 19.1 Å². The van der Waals surface area contributed by atoms with Gasteiger partial charge in [0.05, 0.1) is 29.0 Å². The fourth-order valence-corrected chi connectivity index (χ4v) is 4.79. The number of nitrogens with zero attached hydrogens (tertiary/aromatic N) is 2. The van der Waals surface area contributed by atoms with Crippen LogP contribution in [-0.4, -0.2) is 33.3 Å². The number of pyridine rings is 2. The van der Waals surface area contributed by atoms with E-state index in [2.05, 4.69) is 0 Å². The van der Waals surface area contributed by atoms with Crippen LogP contribution in [0.1, 0.15) is 42.0 Å². The number of fused-ring (bicyclic) bond motifs is 5. The van der Waals surface area contributed by atoms with Gasteiger partial charge in [-0.25, -0.2) is 9.78 Å². The molecule has 0 spiro atoms. The first-order chi connectivity index (χ1) is 15.9. The molecule has 9 nitrogen and oxygen atoms in total. The smallest absolute Gasteiger partial charge is 0.343 e. The van der Waals surface area contributed by atoms with E-state index in [9.17, 15) is 19.5 Å². The van der Waals surface area contributed by atoms with Crippen molar-refractivity contribution in [1.82, 2.24) is 9.55 Å². The Morgan fingerprint density at radius 2 is 2.09 bits per heavy atom. The Labute approximate surface area is 188 Å². The lowest BCUT2D eigenvalue weighted by atomic mass is 9.86. The summed E-state index contributed by atoms with van der Waals surface area (Å²) < 4.78 is 11.6. The summed E-state index contributed by atoms with van der Waals surface area (Å²) in [7, 11) is 0. The van der Waals surface area contributed by atoms with E-state index in [0.717, 1.165) is 22.0 Å². The summed E-state index contributed by atoms with van der Waals surface area (Å²) in [5, 5.41) is 11.9. The monoisotopic (exact) mass is 449 g/mol. The van der Waals surface area contributed by atoms with Gasteiger partial charge in [-0.15, -0.1) is 0 Å². The summed E-state index contributed by atoms with van der Waals surface area (Å²) in [4.78, 5) is 42.5. The molecule has 0 bridgehead atoms. The number of ether oxygens (including phenoxy) is 2. The molecule has 0 saturated carbocycles. The highest BCUT2D eigenvalue weighted by Crippen LogP contribution is 2.40.